The van der Waals surface area contributed by atoms with E-state index >= 15 is 0 Å². The zero-order valence-electron chi connectivity index (χ0n) is 25.2. The molecule has 5 rings (SSSR count). The van der Waals surface area contributed by atoms with E-state index in [2.05, 4.69) is 25.1 Å². The Morgan fingerprint density at radius 2 is 1.85 bits per heavy atom. The van der Waals surface area contributed by atoms with Gasteiger partial charge < -0.3 is 14.8 Å². The van der Waals surface area contributed by atoms with E-state index in [1.807, 2.05) is 39.0 Å². The van der Waals surface area contributed by atoms with Gasteiger partial charge in [0.2, 0.25) is 5.91 Å². The number of aliphatic imine (C=N–C) groups is 1. The van der Waals surface area contributed by atoms with Crippen molar-refractivity contribution >= 4 is 52.4 Å². The zero-order chi connectivity index (χ0) is 33.0. The van der Waals surface area contributed by atoms with Crippen molar-refractivity contribution in [2.45, 2.75) is 33.1 Å². The Bertz CT molecular complexity index is 1820. The average Bonchev–Trinajstić information content (AvgIpc) is 3.62. The quantitative estimate of drug-likeness (QED) is 0.211. The second-order valence-electron chi connectivity index (χ2n) is 10.4. The maximum Gasteiger partial charge on any atom is 0.573 e. The van der Waals surface area contributed by atoms with E-state index in [-0.39, 0.29) is 23.3 Å². The van der Waals surface area contributed by atoms with Crippen molar-refractivity contribution in [1.82, 2.24) is 14.8 Å². The number of carbonyl (C=O) groups is 2. The fraction of sp³-hybridized carbons (Fsp3) is 0.219. The number of amidine groups is 1. The Morgan fingerprint density at radius 3 is 2.54 bits per heavy atom. The molecular formula is C32H29F3N6O4S. The Balaban J connectivity index is 1.28. The number of aryl methyl sites for hydroxylation is 1. The maximum absolute atomic E-state index is 13.0. The summed E-state index contributed by atoms with van der Waals surface area (Å²) >= 11 is 1.20. The largest absolute Gasteiger partial charge is 0.573 e. The van der Waals surface area contributed by atoms with E-state index in [0.717, 1.165) is 22.4 Å². The molecular weight excluding hydrogens is 621 g/mol. The van der Waals surface area contributed by atoms with Gasteiger partial charge in [-0.05, 0) is 78.1 Å². The molecule has 14 heteroatoms. The third-order valence-electron chi connectivity index (χ3n) is 6.75. The van der Waals surface area contributed by atoms with Crippen LogP contribution in [-0.2, 0) is 4.79 Å². The first-order valence-electron chi connectivity index (χ1n) is 14.0. The molecule has 238 valence electrons. The highest BCUT2D eigenvalue weighted by molar-refractivity contribution is 8.15. The van der Waals surface area contributed by atoms with Crippen LogP contribution < -0.4 is 19.7 Å². The topological polar surface area (TPSA) is 111 Å². The first-order valence-corrected chi connectivity index (χ1v) is 15.0. The molecule has 1 aliphatic rings. The predicted molar refractivity (Wildman–Crippen MR) is 172 cm³/mol. The first-order chi connectivity index (χ1) is 21.9. The van der Waals surface area contributed by atoms with Gasteiger partial charge in [-0.2, -0.15) is 4.99 Å². The molecule has 1 aromatic heterocycles. The minimum Gasteiger partial charge on any atom is -0.495 e. The standard InChI is InChI=1S/C32H29F3N6O4S/c1-19(2)24-12-5-20(3)15-26(24)41-29(42)17-46-31(41)38-30(43)37-25-13-6-21(16-27(25)44-4)7-14-28-36-18-40(39-28)22-8-10-23(11-9-22)45-32(33,34)35/h5-16,18-19H,17H2,1-4H3,(H,37,43)/b14-7+,38-31?. The number of alkyl halides is 3. The summed E-state index contributed by atoms with van der Waals surface area (Å²) in [7, 11) is 1.47. The number of halogens is 3. The summed E-state index contributed by atoms with van der Waals surface area (Å²) < 4.78 is 48.0. The summed E-state index contributed by atoms with van der Waals surface area (Å²) in [5.41, 5.74) is 4.29. The van der Waals surface area contributed by atoms with Gasteiger partial charge in [0.15, 0.2) is 11.0 Å². The van der Waals surface area contributed by atoms with Gasteiger partial charge >= 0.3 is 12.4 Å². The Kier molecular flexibility index (Phi) is 9.46. The number of nitrogens with zero attached hydrogens (tertiary/aromatic N) is 5. The van der Waals surface area contributed by atoms with Gasteiger partial charge in [-0.15, -0.1) is 18.3 Å². The molecule has 1 fully saturated rings. The molecule has 2 heterocycles. The molecule has 4 aromatic rings. The number of urea groups is 1. The van der Waals surface area contributed by atoms with Crippen LogP contribution in [0.1, 0.15) is 42.3 Å². The molecule has 1 saturated heterocycles. The lowest BCUT2D eigenvalue weighted by Gasteiger charge is -2.22. The van der Waals surface area contributed by atoms with Crippen LogP contribution in [0.2, 0.25) is 0 Å². The molecule has 10 nitrogen and oxygen atoms in total. The Labute approximate surface area is 266 Å². The maximum atomic E-state index is 13.0. The van der Waals surface area contributed by atoms with Crippen LogP contribution in [0.4, 0.5) is 29.3 Å². The summed E-state index contributed by atoms with van der Waals surface area (Å²) in [6, 6.07) is 15.6. The number of methoxy groups -OCH3 is 1. The van der Waals surface area contributed by atoms with Gasteiger partial charge in [-0.3, -0.25) is 9.69 Å². The molecule has 1 N–H and O–H groups in total. The summed E-state index contributed by atoms with van der Waals surface area (Å²) in [6.45, 7) is 6.03. The van der Waals surface area contributed by atoms with Crippen LogP contribution in [0.25, 0.3) is 17.8 Å². The van der Waals surface area contributed by atoms with Crippen LogP contribution in [-0.4, -0.2) is 51.1 Å². The third-order valence-corrected chi connectivity index (χ3v) is 7.67. The van der Waals surface area contributed by atoms with Crippen LogP contribution >= 0.6 is 11.8 Å². The van der Waals surface area contributed by atoms with Gasteiger partial charge in [0, 0.05) is 0 Å². The van der Waals surface area contributed by atoms with Gasteiger partial charge in [-0.25, -0.2) is 14.5 Å². The number of nitrogens with one attached hydrogen (secondary N) is 1. The lowest BCUT2D eigenvalue weighted by molar-refractivity contribution is -0.274. The molecule has 3 aromatic carbocycles. The number of ether oxygens (including phenoxy) is 2. The lowest BCUT2D eigenvalue weighted by atomic mass is 9.99. The number of aromatic nitrogens is 3. The van der Waals surface area contributed by atoms with E-state index in [9.17, 15) is 22.8 Å². The molecule has 1 aliphatic heterocycles. The smallest absolute Gasteiger partial charge is 0.495 e. The number of anilines is 2. The highest BCUT2D eigenvalue weighted by Crippen LogP contribution is 2.34. The predicted octanol–water partition coefficient (Wildman–Crippen LogP) is 7.44. The molecule has 0 atom stereocenters. The molecule has 0 spiro atoms. The molecule has 0 unspecified atom stereocenters. The SMILES string of the molecule is COc1cc(/C=C/c2ncn(-c3ccc(OC(F)(F)F)cc3)n2)ccc1NC(=O)N=C1SCC(=O)N1c1cc(C)ccc1C(C)C. The molecule has 0 aliphatic carbocycles. The lowest BCUT2D eigenvalue weighted by Crippen LogP contribution is -2.31. The first kappa shape index (κ1) is 32.3. The van der Waals surface area contributed by atoms with Crippen LogP contribution in [0.15, 0.2) is 72.0 Å². The molecule has 46 heavy (non-hydrogen) atoms. The van der Waals surface area contributed by atoms with E-state index < -0.39 is 12.4 Å². The zero-order valence-corrected chi connectivity index (χ0v) is 26.0. The van der Waals surface area contributed by atoms with Crippen molar-refractivity contribution in [2.75, 3.05) is 23.1 Å². The van der Waals surface area contributed by atoms with Gasteiger partial charge in [0.1, 0.15) is 17.8 Å². The van der Waals surface area contributed by atoms with E-state index in [4.69, 9.17) is 4.74 Å². The second kappa shape index (κ2) is 13.5. The number of rotatable bonds is 8. The fourth-order valence-corrected chi connectivity index (χ4v) is 5.47. The second-order valence-corrected chi connectivity index (χ2v) is 11.4. The monoisotopic (exact) mass is 650 g/mol. The number of hydrogen-bond acceptors (Lipinski definition) is 7. The minimum atomic E-state index is -4.77. The van der Waals surface area contributed by atoms with Crippen molar-refractivity contribution in [2.24, 2.45) is 4.99 Å². The van der Waals surface area contributed by atoms with Crippen LogP contribution in [0.3, 0.4) is 0 Å². The van der Waals surface area contributed by atoms with E-state index in [0.29, 0.717) is 28.1 Å². The average molecular weight is 651 g/mol. The van der Waals surface area contributed by atoms with Crippen LogP contribution in [0, 0.1) is 6.92 Å². The highest BCUT2D eigenvalue weighted by atomic mass is 32.2. The van der Waals surface area contributed by atoms with Crippen molar-refractivity contribution in [3.05, 3.63) is 89.5 Å². The van der Waals surface area contributed by atoms with Gasteiger partial charge in [0.25, 0.3) is 0 Å². The molecule has 0 bridgehead atoms. The Morgan fingerprint density at radius 1 is 1.09 bits per heavy atom. The van der Waals surface area contributed by atoms with Gasteiger partial charge in [-0.1, -0.05) is 49.9 Å². The number of carbonyl (C=O) groups excluding carboxylic acids is 2. The van der Waals surface area contributed by atoms with E-state index in [1.165, 1.54) is 59.0 Å². The highest BCUT2D eigenvalue weighted by Gasteiger charge is 2.33. The van der Waals surface area contributed by atoms with Crippen molar-refractivity contribution in [1.29, 1.82) is 0 Å². The molecule has 3 amide bonds. The van der Waals surface area contributed by atoms with Crippen molar-refractivity contribution < 1.29 is 32.2 Å². The normalized spacial score (nSPS) is 14.5. The third kappa shape index (κ3) is 7.75. The van der Waals surface area contributed by atoms with Gasteiger partial charge in [0.05, 0.1) is 29.9 Å². The molecule has 0 saturated carbocycles. The van der Waals surface area contributed by atoms with Crippen molar-refractivity contribution in [3.8, 4) is 17.2 Å². The summed E-state index contributed by atoms with van der Waals surface area (Å²) in [5, 5.41) is 7.36. The van der Waals surface area contributed by atoms with E-state index in [1.54, 1.807) is 30.4 Å². The summed E-state index contributed by atoms with van der Waals surface area (Å²) in [6.07, 6.45) is 0.0446. The Hall–Kier alpha value is -5.11. The van der Waals surface area contributed by atoms with Crippen molar-refractivity contribution in [3.63, 3.8) is 0 Å². The van der Waals surface area contributed by atoms with Crippen LogP contribution in [0.5, 0.6) is 11.5 Å². The number of amides is 3. The number of thioether (sulfide) groups is 1. The number of hydrogen-bond donors (Lipinski definition) is 1. The summed E-state index contributed by atoms with van der Waals surface area (Å²) in [4.78, 5) is 35.8. The minimum absolute atomic E-state index is 0.148. The number of benzene rings is 3. The summed E-state index contributed by atoms with van der Waals surface area (Å²) in [5.74, 6) is 0.585. The fourth-order valence-electron chi connectivity index (χ4n) is 4.61. The molecule has 0 radical (unpaired) electrons.